The van der Waals surface area contributed by atoms with Gasteiger partial charge >= 0.3 is 6.09 Å². The first-order valence-electron chi connectivity index (χ1n) is 7.56. The molecular formula is C16H18N6O2. The molecule has 3 N–H and O–H groups in total. The molecule has 0 unspecified atom stereocenters. The second kappa shape index (κ2) is 6.95. The predicted octanol–water partition coefficient (Wildman–Crippen LogP) is 2.73. The minimum Gasteiger partial charge on any atom is -0.447 e. The molecule has 0 spiro atoms. The second-order valence-electron chi connectivity index (χ2n) is 5.45. The molecule has 2 aromatic heterocycles. The van der Waals surface area contributed by atoms with Gasteiger partial charge in [-0.15, -0.1) is 0 Å². The summed E-state index contributed by atoms with van der Waals surface area (Å²) in [6.45, 7) is 4.03. The third-order valence-electron chi connectivity index (χ3n) is 3.22. The Bertz CT molecular complexity index is 828. The standard InChI is InChI=1S/C16H18N6O2/c1-10(2)24-16(23)17-7-11-3-5-12(6-4-11)22-15-13-14(19-8-18-13)20-9-21-15/h3-6,8-10H,7H2,1-2H3,(H,17,23)(H2,18,19,20,21,22). The molecule has 8 heteroatoms. The Balaban J connectivity index is 1.62. The van der Waals surface area contributed by atoms with Crippen LogP contribution in [0.5, 0.6) is 0 Å². The lowest BCUT2D eigenvalue weighted by Crippen LogP contribution is -2.26. The van der Waals surface area contributed by atoms with E-state index in [9.17, 15) is 4.79 Å². The number of nitrogens with zero attached hydrogens (tertiary/aromatic N) is 3. The summed E-state index contributed by atoms with van der Waals surface area (Å²) in [7, 11) is 0. The highest BCUT2D eigenvalue weighted by atomic mass is 16.6. The summed E-state index contributed by atoms with van der Waals surface area (Å²) in [5, 5.41) is 5.92. The van der Waals surface area contributed by atoms with Crippen molar-refractivity contribution < 1.29 is 9.53 Å². The third kappa shape index (κ3) is 3.78. The summed E-state index contributed by atoms with van der Waals surface area (Å²) >= 11 is 0. The number of alkyl carbamates (subject to hydrolysis) is 1. The molecule has 0 aliphatic carbocycles. The fourth-order valence-corrected chi connectivity index (χ4v) is 2.13. The van der Waals surface area contributed by atoms with Gasteiger partial charge in [0.25, 0.3) is 0 Å². The van der Waals surface area contributed by atoms with Crippen LogP contribution in [0.1, 0.15) is 19.4 Å². The molecule has 8 nitrogen and oxygen atoms in total. The Morgan fingerprint density at radius 3 is 2.75 bits per heavy atom. The van der Waals surface area contributed by atoms with Crippen molar-refractivity contribution in [1.29, 1.82) is 0 Å². The highest BCUT2D eigenvalue weighted by Crippen LogP contribution is 2.20. The van der Waals surface area contributed by atoms with Gasteiger partial charge in [-0.25, -0.2) is 19.7 Å². The van der Waals surface area contributed by atoms with E-state index < -0.39 is 6.09 Å². The zero-order chi connectivity index (χ0) is 16.9. The molecule has 0 saturated heterocycles. The van der Waals surface area contributed by atoms with Gasteiger partial charge < -0.3 is 20.4 Å². The zero-order valence-corrected chi connectivity index (χ0v) is 13.4. The Morgan fingerprint density at radius 1 is 1.21 bits per heavy atom. The number of rotatable bonds is 5. The third-order valence-corrected chi connectivity index (χ3v) is 3.22. The van der Waals surface area contributed by atoms with Gasteiger partial charge in [-0.1, -0.05) is 12.1 Å². The first kappa shape index (κ1) is 15.7. The van der Waals surface area contributed by atoms with E-state index in [2.05, 4.69) is 30.6 Å². The van der Waals surface area contributed by atoms with Gasteiger partial charge in [-0.05, 0) is 31.5 Å². The lowest BCUT2D eigenvalue weighted by Gasteiger charge is -2.10. The van der Waals surface area contributed by atoms with Crippen LogP contribution >= 0.6 is 0 Å². The van der Waals surface area contributed by atoms with Crippen LogP contribution in [0.25, 0.3) is 11.2 Å². The molecule has 0 fully saturated rings. The van der Waals surface area contributed by atoms with E-state index in [4.69, 9.17) is 4.74 Å². The molecule has 0 radical (unpaired) electrons. The highest BCUT2D eigenvalue weighted by Gasteiger charge is 2.07. The zero-order valence-electron chi connectivity index (χ0n) is 13.4. The average Bonchev–Trinajstić information content (AvgIpc) is 3.03. The van der Waals surface area contributed by atoms with Crippen molar-refractivity contribution in [2.24, 2.45) is 0 Å². The quantitative estimate of drug-likeness (QED) is 0.666. The Morgan fingerprint density at radius 2 is 2.00 bits per heavy atom. The molecule has 24 heavy (non-hydrogen) atoms. The first-order chi connectivity index (χ1) is 11.6. The molecule has 124 valence electrons. The van der Waals surface area contributed by atoms with Crippen LogP contribution in [0.3, 0.4) is 0 Å². The van der Waals surface area contributed by atoms with Gasteiger partial charge in [-0.2, -0.15) is 0 Å². The number of hydrogen-bond acceptors (Lipinski definition) is 6. The van der Waals surface area contributed by atoms with Gasteiger partial charge in [0.15, 0.2) is 11.5 Å². The van der Waals surface area contributed by atoms with Crippen LogP contribution < -0.4 is 10.6 Å². The van der Waals surface area contributed by atoms with E-state index in [1.807, 2.05) is 38.1 Å². The minimum atomic E-state index is -0.421. The van der Waals surface area contributed by atoms with Gasteiger partial charge in [0.2, 0.25) is 0 Å². The van der Waals surface area contributed by atoms with Crippen molar-refractivity contribution in [3.05, 3.63) is 42.5 Å². The Labute approximate surface area is 138 Å². The number of H-pyrrole nitrogens is 1. The molecule has 0 aliphatic rings. The largest absolute Gasteiger partial charge is 0.447 e. The number of ether oxygens (including phenoxy) is 1. The van der Waals surface area contributed by atoms with Crippen LogP contribution in [0.2, 0.25) is 0 Å². The number of imidazole rings is 1. The van der Waals surface area contributed by atoms with E-state index in [1.54, 1.807) is 6.33 Å². The van der Waals surface area contributed by atoms with Crippen molar-refractivity contribution in [3.8, 4) is 0 Å². The Kier molecular flexibility index (Phi) is 4.55. The van der Waals surface area contributed by atoms with E-state index in [1.165, 1.54) is 6.33 Å². The van der Waals surface area contributed by atoms with Crippen molar-refractivity contribution in [2.75, 3.05) is 5.32 Å². The lowest BCUT2D eigenvalue weighted by molar-refractivity contribution is 0.115. The van der Waals surface area contributed by atoms with E-state index in [0.29, 0.717) is 18.0 Å². The summed E-state index contributed by atoms with van der Waals surface area (Å²) < 4.78 is 5.02. The van der Waals surface area contributed by atoms with E-state index >= 15 is 0 Å². The van der Waals surface area contributed by atoms with Crippen molar-refractivity contribution in [3.63, 3.8) is 0 Å². The normalized spacial score (nSPS) is 10.8. The predicted molar refractivity (Wildman–Crippen MR) is 89.9 cm³/mol. The maximum absolute atomic E-state index is 11.5. The van der Waals surface area contributed by atoms with Gasteiger partial charge in [0, 0.05) is 12.2 Å². The molecular weight excluding hydrogens is 308 g/mol. The topological polar surface area (TPSA) is 105 Å². The molecule has 0 atom stereocenters. The van der Waals surface area contributed by atoms with E-state index in [0.717, 1.165) is 16.8 Å². The maximum atomic E-state index is 11.5. The van der Waals surface area contributed by atoms with Crippen LogP contribution in [-0.4, -0.2) is 32.1 Å². The highest BCUT2D eigenvalue weighted by molar-refractivity contribution is 5.84. The number of aromatic amines is 1. The summed E-state index contributed by atoms with van der Waals surface area (Å²) in [6, 6.07) is 7.66. The van der Waals surface area contributed by atoms with Crippen molar-refractivity contribution >= 4 is 28.8 Å². The molecule has 0 saturated carbocycles. The molecule has 1 aromatic carbocycles. The number of aromatic nitrogens is 4. The number of amides is 1. The molecule has 1 amide bonds. The maximum Gasteiger partial charge on any atom is 0.407 e. The summed E-state index contributed by atoms with van der Waals surface area (Å²) in [5.74, 6) is 0.656. The van der Waals surface area contributed by atoms with Gasteiger partial charge in [0.1, 0.15) is 11.8 Å². The van der Waals surface area contributed by atoms with Crippen LogP contribution in [0, 0.1) is 0 Å². The smallest absolute Gasteiger partial charge is 0.407 e. The number of nitrogens with one attached hydrogen (secondary N) is 3. The van der Waals surface area contributed by atoms with Gasteiger partial charge in [-0.3, -0.25) is 0 Å². The van der Waals surface area contributed by atoms with E-state index in [-0.39, 0.29) is 6.10 Å². The minimum absolute atomic E-state index is 0.135. The molecule has 2 heterocycles. The second-order valence-corrected chi connectivity index (χ2v) is 5.45. The summed E-state index contributed by atoms with van der Waals surface area (Å²) in [6.07, 6.45) is 2.48. The lowest BCUT2D eigenvalue weighted by atomic mass is 10.2. The SMILES string of the molecule is CC(C)OC(=O)NCc1ccc(Nc2ncnc3nc[nH]c23)cc1. The molecule has 3 aromatic rings. The first-order valence-corrected chi connectivity index (χ1v) is 7.56. The molecule has 3 rings (SSSR count). The van der Waals surface area contributed by atoms with Crippen LogP contribution in [-0.2, 0) is 11.3 Å². The number of anilines is 2. The van der Waals surface area contributed by atoms with Crippen LogP contribution in [0.15, 0.2) is 36.9 Å². The molecule has 0 aliphatic heterocycles. The fourth-order valence-electron chi connectivity index (χ4n) is 2.13. The summed E-state index contributed by atoms with van der Waals surface area (Å²) in [5.41, 5.74) is 3.20. The van der Waals surface area contributed by atoms with Crippen LogP contribution in [0.4, 0.5) is 16.3 Å². The number of carbonyl (C=O) groups is 1. The molecule has 0 bridgehead atoms. The number of hydrogen-bond donors (Lipinski definition) is 3. The van der Waals surface area contributed by atoms with Crippen molar-refractivity contribution in [2.45, 2.75) is 26.5 Å². The average molecular weight is 326 g/mol. The van der Waals surface area contributed by atoms with Crippen molar-refractivity contribution in [1.82, 2.24) is 25.3 Å². The monoisotopic (exact) mass is 326 g/mol. The Hall–Kier alpha value is -3.16. The fraction of sp³-hybridized carbons (Fsp3) is 0.250. The number of carbonyl (C=O) groups excluding carboxylic acids is 1. The van der Waals surface area contributed by atoms with Gasteiger partial charge in [0.05, 0.1) is 12.4 Å². The number of fused-ring (bicyclic) bond motifs is 1. The number of benzene rings is 1. The summed E-state index contributed by atoms with van der Waals surface area (Å²) in [4.78, 5) is 26.9.